The van der Waals surface area contributed by atoms with Gasteiger partial charge < -0.3 is 44.8 Å². The molecule has 17 heteroatoms. The SMILES string of the molecule is CC(=O)[N-]S(=O)(=O)c1cc(NC(=S)NC(C)C)ccc1/C=C/c1ccc(NC(C)=O)cc1[S-](=O)=O.C[C-]=O.N.[Na+].[Na+]. The van der Waals surface area contributed by atoms with E-state index in [0.717, 1.165) is 6.92 Å². The molecule has 0 heterocycles. The third-order valence-corrected chi connectivity index (χ3v) is 6.51. The van der Waals surface area contributed by atoms with Crippen LogP contribution in [0.15, 0.2) is 46.2 Å². The number of sulfonamides is 1. The van der Waals surface area contributed by atoms with Crippen molar-refractivity contribution < 1.29 is 90.3 Å². The van der Waals surface area contributed by atoms with Gasteiger partial charge in [0, 0.05) is 24.3 Å². The van der Waals surface area contributed by atoms with Crippen LogP contribution < -0.4 is 81.2 Å². The zero-order chi connectivity index (χ0) is 29.0. The zero-order valence-electron chi connectivity index (χ0n) is 23.9. The van der Waals surface area contributed by atoms with Crippen LogP contribution in [0.3, 0.4) is 0 Å². The van der Waals surface area contributed by atoms with Gasteiger partial charge in [0.2, 0.25) is 5.91 Å². The van der Waals surface area contributed by atoms with Crippen LogP contribution in [0.1, 0.15) is 45.7 Å². The molecule has 214 valence electrons. The molecule has 0 spiro atoms. The summed E-state index contributed by atoms with van der Waals surface area (Å²) in [7, 11) is -7.01. The maximum absolute atomic E-state index is 12.8. The second-order valence-electron chi connectivity index (χ2n) is 7.80. The summed E-state index contributed by atoms with van der Waals surface area (Å²) in [5.74, 6) is -1.26. The van der Waals surface area contributed by atoms with Gasteiger partial charge in [-0.15, -0.1) is 0 Å². The summed E-state index contributed by atoms with van der Waals surface area (Å²) in [4.78, 5) is 31.0. The van der Waals surface area contributed by atoms with Crippen molar-refractivity contribution in [2.45, 2.75) is 50.5 Å². The minimum atomic E-state index is -4.37. The fraction of sp³-hybridized carbons (Fsp3) is 0.250. The molecule has 0 saturated carbocycles. The van der Waals surface area contributed by atoms with Crippen molar-refractivity contribution in [3.63, 3.8) is 0 Å². The maximum atomic E-state index is 12.8. The molecule has 0 aliphatic carbocycles. The minimum Gasteiger partial charge on any atom is -0.542 e. The van der Waals surface area contributed by atoms with Crippen molar-refractivity contribution in [2.75, 3.05) is 10.6 Å². The first kappa shape index (κ1) is 43.8. The predicted octanol–water partition coefficient (Wildman–Crippen LogP) is -1.93. The van der Waals surface area contributed by atoms with Crippen LogP contribution in [-0.4, -0.2) is 37.7 Å². The summed E-state index contributed by atoms with van der Waals surface area (Å²) in [6.07, 6.45) is 4.30. The van der Waals surface area contributed by atoms with Gasteiger partial charge in [0.05, 0.1) is 10.8 Å². The molecule has 0 fully saturated rings. The molecule has 0 saturated heterocycles. The number of nitrogens with one attached hydrogen (secondary N) is 3. The Morgan fingerprint density at radius 1 is 0.976 bits per heavy atom. The van der Waals surface area contributed by atoms with E-state index in [4.69, 9.17) is 17.0 Å². The zero-order valence-corrected chi connectivity index (χ0v) is 30.4. The van der Waals surface area contributed by atoms with E-state index < -0.39 is 26.6 Å². The molecule has 0 aliphatic heterocycles. The van der Waals surface area contributed by atoms with Crippen LogP contribution in [0.4, 0.5) is 11.4 Å². The molecule has 2 amide bonds. The van der Waals surface area contributed by atoms with Crippen molar-refractivity contribution in [1.82, 2.24) is 11.5 Å². The summed E-state index contributed by atoms with van der Waals surface area (Å²) in [6.45, 7) is 7.40. The molecule has 2 aromatic rings. The summed E-state index contributed by atoms with van der Waals surface area (Å²) in [6, 6.07) is 8.63. The third kappa shape index (κ3) is 16.0. The van der Waals surface area contributed by atoms with E-state index in [-0.39, 0.29) is 103 Å². The number of benzene rings is 2. The molecule has 0 aliphatic rings. The molecule has 0 aromatic heterocycles. The predicted molar refractivity (Wildman–Crippen MR) is 155 cm³/mol. The van der Waals surface area contributed by atoms with Crippen LogP contribution >= 0.6 is 12.2 Å². The van der Waals surface area contributed by atoms with Crippen molar-refractivity contribution in [3.8, 4) is 0 Å². The Bertz CT molecular complexity index is 1420. The molecule has 2 rings (SSSR count). The van der Waals surface area contributed by atoms with Crippen LogP contribution in [0.2, 0.25) is 0 Å². The van der Waals surface area contributed by atoms with E-state index in [1.807, 2.05) is 13.8 Å². The largest absolute Gasteiger partial charge is 1.00 e. The number of carbonyl (C=O) groups excluding carboxylic acids is 3. The normalized spacial score (nSPS) is 10.1. The maximum Gasteiger partial charge on any atom is 1.00 e. The Labute approximate surface area is 292 Å². The molecule has 0 radical (unpaired) electrons. The number of amides is 2. The number of carbonyl (C=O) groups is 2. The quantitative estimate of drug-likeness (QED) is 0.0821. The van der Waals surface area contributed by atoms with Gasteiger partial charge in [-0.1, -0.05) is 35.2 Å². The average molecular weight is 643 g/mol. The Balaban J connectivity index is -0.00000230. The first-order valence-electron chi connectivity index (χ1n) is 10.9. The van der Waals surface area contributed by atoms with Gasteiger partial charge in [-0.25, -0.2) is 8.42 Å². The van der Waals surface area contributed by atoms with E-state index in [2.05, 4.69) is 20.7 Å². The molecule has 0 unspecified atom stereocenters. The first-order chi connectivity index (χ1) is 17.7. The Morgan fingerprint density at radius 2 is 1.46 bits per heavy atom. The van der Waals surface area contributed by atoms with Gasteiger partial charge in [0.15, 0.2) is 5.11 Å². The molecule has 2 aromatic carbocycles. The van der Waals surface area contributed by atoms with Gasteiger partial charge in [-0.2, -0.15) is 6.92 Å². The molecule has 12 nitrogen and oxygen atoms in total. The number of hydrogen-bond donors (Lipinski definition) is 4. The summed E-state index contributed by atoms with van der Waals surface area (Å²) in [5, 5.41) is 8.62. The number of rotatable bonds is 8. The first-order valence-corrected chi connectivity index (χ1v) is 13.8. The number of hydrogen-bond acceptors (Lipinski definition) is 10. The Kier molecular flexibility index (Phi) is 22.5. The summed E-state index contributed by atoms with van der Waals surface area (Å²) in [5.41, 5.74) is 1.05. The van der Waals surface area contributed by atoms with Gasteiger partial charge in [-0.05, 0) is 73.0 Å². The van der Waals surface area contributed by atoms with Crippen molar-refractivity contribution in [3.05, 3.63) is 52.2 Å². The fourth-order valence-electron chi connectivity index (χ4n) is 2.90. The second kappa shape index (κ2) is 21.1. The standard InChI is InChI=1S/C22H25N4O6S3.C2H3O.H3N.2Na/c1-13(2)23-22(33)25-19-10-8-17(21(12-19)35(31,32)26-15(4)28)6-5-16-7-9-18(24-14(3)27)11-20(16)34(29)30;1-2-3;;;/h5-13H,1-4H3,(H4,23,24,25,26,27,28,29,30,33);1H3;1H3;;/q2*-1;;2*+1/p-1. The number of thiocarbonyl (C=S) groups is 1. The monoisotopic (exact) mass is 642 g/mol. The topological polar surface area (TPSA) is 205 Å². The van der Waals surface area contributed by atoms with Crippen LogP contribution in [0, 0.1) is 0 Å². The average Bonchev–Trinajstić information content (AvgIpc) is 2.77. The van der Waals surface area contributed by atoms with E-state index in [1.54, 1.807) is 6.07 Å². The van der Waals surface area contributed by atoms with Gasteiger partial charge in [-0.3, -0.25) is 11.1 Å². The van der Waals surface area contributed by atoms with Crippen LogP contribution in [0.5, 0.6) is 0 Å². The van der Waals surface area contributed by atoms with Crippen molar-refractivity contribution in [1.29, 1.82) is 0 Å². The molecule has 0 bridgehead atoms. The molecule has 6 N–H and O–H groups in total. The van der Waals surface area contributed by atoms with Crippen molar-refractivity contribution in [2.24, 2.45) is 0 Å². The van der Waals surface area contributed by atoms with E-state index in [0.29, 0.717) is 11.4 Å². The molecule has 41 heavy (non-hydrogen) atoms. The molecule has 0 atom stereocenters. The Morgan fingerprint density at radius 3 is 1.93 bits per heavy atom. The summed E-state index contributed by atoms with van der Waals surface area (Å²) >= 11 is 5.19. The van der Waals surface area contributed by atoms with Gasteiger partial charge >= 0.3 is 59.1 Å². The van der Waals surface area contributed by atoms with E-state index >= 15 is 0 Å². The Hall–Kier alpha value is -1.66. The van der Waals surface area contributed by atoms with E-state index in [9.17, 15) is 26.4 Å². The number of nitrogens with zero attached hydrogens (tertiary/aromatic N) is 1. The van der Waals surface area contributed by atoms with Crippen LogP contribution in [0.25, 0.3) is 16.9 Å². The van der Waals surface area contributed by atoms with Gasteiger partial charge in [0.25, 0.3) is 0 Å². The smallest absolute Gasteiger partial charge is 0.542 e. The van der Waals surface area contributed by atoms with Crippen molar-refractivity contribution >= 4 is 79.7 Å². The minimum absolute atomic E-state index is 0. The summed E-state index contributed by atoms with van der Waals surface area (Å²) < 4.78 is 52.2. The molecular formula is C24H30N5Na2O7S3-. The fourth-order valence-corrected chi connectivity index (χ4v) is 4.95. The van der Waals surface area contributed by atoms with Gasteiger partial charge in [0.1, 0.15) is 10.0 Å². The van der Waals surface area contributed by atoms with E-state index in [1.165, 1.54) is 62.6 Å². The molecular weight excluding hydrogens is 612 g/mol. The van der Waals surface area contributed by atoms with Crippen LogP contribution in [-0.2, 0) is 43.5 Å². The second-order valence-corrected chi connectivity index (χ2v) is 10.7. The number of anilines is 2. The third-order valence-electron chi connectivity index (χ3n) is 4.17.